The molecule has 5 nitrogen and oxygen atoms in total. The molecule has 0 bridgehead atoms. The van der Waals surface area contributed by atoms with Crippen LogP contribution in [0, 0.1) is 0 Å². The lowest BCUT2D eigenvalue weighted by Crippen LogP contribution is -2.07. The summed E-state index contributed by atoms with van der Waals surface area (Å²) in [5.41, 5.74) is 3.71. The van der Waals surface area contributed by atoms with E-state index in [1.165, 1.54) is 13.3 Å². The number of fused-ring (bicyclic) bond motifs is 1. The van der Waals surface area contributed by atoms with E-state index in [-0.39, 0.29) is 12.0 Å². The third kappa shape index (κ3) is 3.51. The van der Waals surface area contributed by atoms with Crippen LogP contribution in [0.3, 0.4) is 0 Å². The molecule has 1 heterocycles. The van der Waals surface area contributed by atoms with E-state index in [1.54, 1.807) is 0 Å². The summed E-state index contributed by atoms with van der Waals surface area (Å²) in [5.74, 6) is 0.507. The normalized spacial score (nSPS) is 10.8. The highest BCUT2D eigenvalue weighted by Crippen LogP contribution is 2.29. The van der Waals surface area contributed by atoms with Gasteiger partial charge in [-0.15, -0.1) is 0 Å². The first-order valence-electron chi connectivity index (χ1n) is 7.82. The van der Waals surface area contributed by atoms with Crippen molar-refractivity contribution in [2.24, 2.45) is 0 Å². The van der Waals surface area contributed by atoms with Gasteiger partial charge in [0.15, 0.2) is 0 Å². The van der Waals surface area contributed by atoms with Crippen LogP contribution in [0.2, 0.25) is 0 Å². The average molecular weight is 321 g/mol. The molecule has 1 aromatic heterocycles. The molecule has 2 aromatic carbocycles. The Kier molecular flexibility index (Phi) is 4.42. The molecule has 1 amide bonds. The molecule has 0 fully saturated rings. The maximum absolute atomic E-state index is 11.1. The second-order valence-corrected chi connectivity index (χ2v) is 5.84. The summed E-state index contributed by atoms with van der Waals surface area (Å²) in [4.78, 5) is 19.6. The summed E-state index contributed by atoms with van der Waals surface area (Å²) < 4.78 is 5.78. The average Bonchev–Trinajstić information content (AvgIpc) is 2.54. The van der Waals surface area contributed by atoms with Gasteiger partial charge in [0.25, 0.3) is 0 Å². The van der Waals surface area contributed by atoms with Gasteiger partial charge in [-0.2, -0.15) is 0 Å². The highest BCUT2D eigenvalue weighted by atomic mass is 16.5. The number of amides is 1. The summed E-state index contributed by atoms with van der Waals surface area (Å²) in [6, 6.07) is 13.7. The number of hydrogen-bond donors (Lipinski definition) is 1. The zero-order valence-corrected chi connectivity index (χ0v) is 13.9. The SMILES string of the molecule is CC(=O)Nc1ccc(-c2ccc3ncnc(OC(C)C)c3c2)cc1. The van der Waals surface area contributed by atoms with Gasteiger partial charge in [-0.3, -0.25) is 4.79 Å². The van der Waals surface area contributed by atoms with Gasteiger partial charge >= 0.3 is 0 Å². The summed E-state index contributed by atoms with van der Waals surface area (Å²) in [6.45, 7) is 5.44. The first kappa shape index (κ1) is 15.9. The lowest BCUT2D eigenvalue weighted by atomic mass is 10.0. The maximum atomic E-state index is 11.1. The largest absolute Gasteiger partial charge is 0.474 e. The predicted octanol–water partition coefficient (Wildman–Crippen LogP) is 4.04. The minimum Gasteiger partial charge on any atom is -0.474 e. The van der Waals surface area contributed by atoms with Gasteiger partial charge in [-0.25, -0.2) is 9.97 Å². The number of anilines is 1. The number of carbonyl (C=O) groups excluding carboxylic acids is 1. The van der Waals surface area contributed by atoms with Crippen molar-refractivity contribution in [1.82, 2.24) is 9.97 Å². The molecule has 5 heteroatoms. The van der Waals surface area contributed by atoms with Crippen molar-refractivity contribution in [1.29, 1.82) is 0 Å². The van der Waals surface area contributed by atoms with Gasteiger partial charge in [0.2, 0.25) is 11.8 Å². The molecule has 0 aliphatic rings. The quantitative estimate of drug-likeness (QED) is 0.787. The number of benzene rings is 2. The number of nitrogens with zero attached hydrogens (tertiary/aromatic N) is 2. The zero-order chi connectivity index (χ0) is 17.1. The first-order valence-corrected chi connectivity index (χ1v) is 7.82. The Morgan fingerprint density at radius 1 is 1.04 bits per heavy atom. The molecule has 0 aliphatic carbocycles. The highest BCUT2D eigenvalue weighted by Gasteiger charge is 2.09. The van der Waals surface area contributed by atoms with Gasteiger partial charge in [0.05, 0.1) is 17.0 Å². The number of nitrogens with one attached hydrogen (secondary N) is 1. The Morgan fingerprint density at radius 3 is 2.42 bits per heavy atom. The first-order chi connectivity index (χ1) is 11.5. The predicted molar refractivity (Wildman–Crippen MR) is 95.0 cm³/mol. The van der Waals surface area contributed by atoms with Gasteiger partial charge in [-0.05, 0) is 49.2 Å². The van der Waals surface area contributed by atoms with Crippen molar-refractivity contribution in [3.63, 3.8) is 0 Å². The van der Waals surface area contributed by atoms with Crippen molar-refractivity contribution in [3.05, 3.63) is 48.8 Å². The summed E-state index contributed by atoms with van der Waals surface area (Å²) in [7, 11) is 0. The van der Waals surface area contributed by atoms with E-state index in [9.17, 15) is 4.79 Å². The fraction of sp³-hybridized carbons (Fsp3) is 0.211. The van der Waals surface area contributed by atoms with Crippen molar-refractivity contribution in [2.45, 2.75) is 26.9 Å². The third-order valence-electron chi connectivity index (χ3n) is 3.48. The van der Waals surface area contributed by atoms with Crippen LogP contribution in [-0.4, -0.2) is 22.0 Å². The van der Waals surface area contributed by atoms with Crippen LogP contribution in [0.5, 0.6) is 5.88 Å². The number of hydrogen-bond acceptors (Lipinski definition) is 4. The fourth-order valence-corrected chi connectivity index (χ4v) is 2.48. The Hall–Kier alpha value is -2.95. The molecule has 0 radical (unpaired) electrons. The molecular formula is C19H19N3O2. The minimum atomic E-state index is -0.0823. The maximum Gasteiger partial charge on any atom is 0.224 e. The van der Waals surface area contributed by atoms with Crippen molar-refractivity contribution < 1.29 is 9.53 Å². The molecule has 3 rings (SSSR count). The molecular weight excluding hydrogens is 302 g/mol. The Balaban J connectivity index is 1.99. The Labute approximate surface area is 140 Å². The number of rotatable bonds is 4. The van der Waals surface area contributed by atoms with Gasteiger partial charge in [-0.1, -0.05) is 18.2 Å². The standard InChI is InChI=1S/C19H19N3O2/c1-12(2)24-19-17-10-15(6-9-18(17)20-11-21-19)14-4-7-16(8-5-14)22-13(3)23/h4-12H,1-3H3,(H,22,23). The molecule has 1 N–H and O–H groups in total. The van der Waals surface area contributed by atoms with Crippen molar-refractivity contribution in [2.75, 3.05) is 5.32 Å². The second-order valence-electron chi connectivity index (χ2n) is 5.84. The summed E-state index contributed by atoms with van der Waals surface area (Å²) in [6.07, 6.45) is 1.56. The molecule has 0 aliphatic heterocycles. The van der Waals surface area contributed by atoms with Crippen LogP contribution in [0.25, 0.3) is 22.0 Å². The van der Waals surface area contributed by atoms with Crippen LogP contribution in [0.15, 0.2) is 48.8 Å². The molecule has 0 spiro atoms. The fourth-order valence-electron chi connectivity index (χ4n) is 2.48. The zero-order valence-electron chi connectivity index (χ0n) is 13.9. The monoisotopic (exact) mass is 321 g/mol. The lowest BCUT2D eigenvalue weighted by molar-refractivity contribution is -0.114. The molecule has 3 aromatic rings. The smallest absolute Gasteiger partial charge is 0.224 e. The van der Waals surface area contributed by atoms with Crippen molar-refractivity contribution in [3.8, 4) is 17.0 Å². The van der Waals surface area contributed by atoms with Crippen LogP contribution in [-0.2, 0) is 4.79 Å². The molecule has 122 valence electrons. The number of ether oxygens (including phenoxy) is 1. The third-order valence-corrected chi connectivity index (χ3v) is 3.48. The highest BCUT2D eigenvalue weighted by molar-refractivity contribution is 5.90. The van der Waals surface area contributed by atoms with Crippen LogP contribution < -0.4 is 10.1 Å². The van der Waals surface area contributed by atoms with Gasteiger partial charge in [0, 0.05) is 12.6 Å². The summed E-state index contributed by atoms with van der Waals surface area (Å²) in [5, 5.41) is 3.65. The van der Waals surface area contributed by atoms with Crippen LogP contribution >= 0.6 is 0 Å². The van der Waals surface area contributed by atoms with E-state index in [1.807, 2.05) is 56.3 Å². The lowest BCUT2D eigenvalue weighted by Gasteiger charge is -2.11. The molecule has 0 unspecified atom stereocenters. The Morgan fingerprint density at radius 2 is 1.75 bits per heavy atom. The van der Waals surface area contributed by atoms with Gasteiger partial charge in [0.1, 0.15) is 6.33 Å². The molecule has 24 heavy (non-hydrogen) atoms. The minimum absolute atomic E-state index is 0.0451. The topological polar surface area (TPSA) is 64.1 Å². The van der Waals surface area contributed by atoms with E-state index < -0.39 is 0 Å². The molecule has 0 saturated heterocycles. The molecule has 0 atom stereocenters. The van der Waals surface area contributed by atoms with E-state index in [0.717, 1.165) is 27.7 Å². The van der Waals surface area contributed by atoms with Crippen LogP contribution in [0.1, 0.15) is 20.8 Å². The van der Waals surface area contributed by atoms with Crippen LogP contribution in [0.4, 0.5) is 5.69 Å². The second kappa shape index (κ2) is 6.66. The summed E-state index contributed by atoms with van der Waals surface area (Å²) >= 11 is 0. The van der Waals surface area contributed by atoms with Gasteiger partial charge < -0.3 is 10.1 Å². The molecule has 0 saturated carbocycles. The van der Waals surface area contributed by atoms with Crippen molar-refractivity contribution >= 4 is 22.5 Å². The van der Waals surface area contributed by atoms with E-state index in [2.05, 4.69) is 15.3 Å². The van der Waals surface area contributed by atoms with E-state index in [0.29, 0.717) is 5.88 Å². The van der Waals surface area contributed by atoms with E-state index >= 15 is 0 Å². The number of aromatic nitrogens is 2. The van der Waals surface area contributed by atoms with E-state index in [4.69, 9.17) is 4.74 Å². The number of carbonyl (C=O) groups is 1. The Bertz CT molecular complexity index is 873.